The van der Waals surface area contributed by atoms with Crippen molar-refractivity contribution in [3.8, 4) is 5.75 Å². The van der Waals surface area contributed by atoms with E-state index in [1.54, 1.807) is 6.07 Å². The van der Waals surface area contributed by atoms with Crippen molar-refractivity contribution in [2.75, 3.05) is 13.7 Å². The van der Waals surface area contributed by atoms with Gasteiger partial charge in [-0.15, -0.1) is 0 Å². The second kappa shape index (κ2) is 6.89. The first-order valence-corrected chi connectivity index (χ1v) is 7.52. The van der Waals surface area contributed by atoms with Crippen molar-refractivity contribution < 1.29 is 13.9 Å². The maximum Gasteiger partial charge on any atom is 0.241 e. The molecule has 1 saturated heterocycles. The van der Waals surface area contributed by atoms with E-state index < -0.39 is 5.82 Å². The zero-order chi connectivity index (χ0) is 15.4. The van der Waals surface area contributed by atoms with Crippen molar-refractivity contribution in [3.05, 3.63) is 29.6 Å². The van der Waals surface area contributed by atoms with Crippen molar-refractivity contribution in [2.45, 2.75) is 45.3 Å². The number of ether oxygens (including phenoxy) is 1. The number of unbranched alkanes of at least 4 members (excludes halogenated alkanes) is 1. The standard InChI is InChI=1S/C16H23FN2O2/c1-4-6-9-19-15(18-13(5-2)16(19)20)11-7-8-14(21-3)12(17)10-11/h7-8,10,13,15,18H,4-6,9H2,1-3H3. The molecule has 0 radical (unpaired) electrons. The summed E-state index contributed by atoms with van der Waals surface area (Å²) in [5, 5.41) is 3.30. The van der Waals surface area contributed by atoms with Gasteiger partial charge in [-0.2, -0.15) is 0 Å². The van der Waals surface area contributed by atoms with Crippen LogP contribution in [0, 0.1) is 5.82 Å². The van der Waals surface area contributed by atoms with Gasteiger partial charge < -0.3 is 9.64 Å². The first-order valence-electron chi connectivity index (χ1n) is 7.52. The lowest BCUT2D eigenvalue weighted by atomic mass is 10.1. The molecule has 4 nitrogen and oxygen atoms in total. The number of rotatable bonds is 6. The fraction of sp³-hybridized carbons (Fsp3) is 0.562. The first-order chi connectivity index (χ1) is 10.1. The third-order valence-electron chi connectivity index (χ3n) is 3.90. The van der Waals surface area contributed by atoms with Gasteiger partial charge >= 0.3 is 0 Å². The molecule has 2 unspecified atom stereocenters. The smallest absolute Gasteiger partial charge is 0.241 e. The Bertz CT molecular complexity index is 507. The van der Waals surface area contributed by atoms with Gasteiger partial charge in [0.1, 0.15) is 6.17 Å². The minimum Gasteiger partial charge on any atom is -0.494 e. The molecule has 1 aliphatic heterocycles. The van der Waals surface area contributed by atoms with Gasteiger partial charge in [0.2, 0.25) is 5.91 Å². The predicted molar refractivity (Wildman–Crippen MR) is 79.5 cm³/mol. The fourth-order valence-corrected chi connectivity index (χ4v) is 2.67. The maximum absolute atomic E-state index is 13.9. The van der Waals surface area contributed by atoms with Crippen LogP contribution in [0.1, 0.15) is 44.8 Å². The molecule has 0 bridgehead atoms. The summed E-state index contributed by atoms with van der Waals surface area (Å²) in [6.07, 6.45) is 2.44. The van der Waals surface area contributed by atoms with Crippen LogP contribution >= 0.6 is 0 Å². The Balaban J connectivity index is 2.26. The van der Waals surface area contributed by atoms with Crippen LogP contribution in [0.3, 0.4) is 0 Å². The molecule has 1 N–H and O–H groups in total. The van der Waals surface area contributed by atoms with Gasteiger partial charge in [-0.3, -0.25) is 10.1 Å². The molecule has 1 aliphatic rings. The molecular weight excluding hydrogens is 271 g/mol. The average molecular weight is 294 g/mol. The Kier molecular flexibility index (Phi) is 5.17. The van der Waals surface area contributed by atoms with Gasteiger partial charge in [0.05, 0.1) is 13.2 Å². The summed E-state index contributed by atoms with van der Waals surface area (Å²) in [6.45, 7) is 4.76. The minimum absolute atomic E-state index is 0.104. The highest BCUT2D eigenvalue weighted by Gasteiger charge is 2.38. The molecule has 21 heavy (non-hydrogen) atoms. The van der Waals surface area contributed by atoms with Crippen LogP contribution < -0.4 is 10.1 Å². The highest BCUT2D eigenvalue weighted by molar-refractivity contribution is 5.84. The number of carbonyl (C=O) groups is 1. The normalized spacial score (nSPS) is 21.9. The van der Waals surface area contributed by atoms with Gasteiger partial charge in [-0.25, -0.2) is 4.39 Å². The van der Waals surface area contributed by atoms with Crippen LogP contribution in [0.2, 0.25) is 0 Å². The third kappa shape index (κ3) is 3.18. The molecule has 0 spiro atoms. The predicted octanol–water partition coefficient (Wildman–Crippen LogP) is 2.84. The number of carbonyl (C=O) groups excluding carboxylic acids is 1. The van der Waals surface area contributed by atoms with Crippen molar-refractivity contribution >= 4 is 5.91 Å². The van der Waals surface area contributed by atoms with Gasteiger partial charge in [-0.05, 0) is 30.5 Å². The van der Waals surface area contributed by atoms with E-state index in [-0.39, 0.29) is 23.9 Å². The molecular formula is C16H23FN2O2. The number of methoxy groups -OCH3 is 1. The monoisotopic (exact) mass is 294 g/mol. The Morgan fingerprint density at radius 2 is 2.14 bits per heavy atom. The molecule has 116 valence electrons. The summed E-state index contributed by atoms with van der Waals surface area (Å²) in [5.41, 5.74) is 0.758. The molecule has 1 amide bonds. The molecule has 1 aromatic rings. The molecule has 0 aromatic heterocycles. The number of hydrogen-bond donors (Lipinski definition) is 1. The van der Waals surface area contributed by atoms with Crippen molar-refractivity contribution in [1.82, 2.24) is 10.2 Å². The Labute approximate surface area is 125 Å². The van der Waals surface area contributed by atoms with Crippen LogP contribution in [0.5, 0.6) is 5.75 Å². The van der Waals surface area contributed by atoms with E-state index in [1.807, 2.05) is 17.9 Å². The quantitative estimate of drug-likeness (QED) is 0.877. The summed E-state index contributed by atoms with van der Waals surface area (Å²) in [6, 6.07) is 4.68. The fourth-order valence-electron chi connectivity index (χ4n) is 2.67. The van der Waals surface area contributed by atoms with E-state index in [0.29, 0.717) is 6.54 Å². The molecule has 2 rings (SSSR count). The minimum atomic E-state index is -0.403. The number of nitrogens with one attached hydrogen (secondary N) is 1. The van der Waals surface area contributed by atoms with Crippen LogP contribution in [-0.4, -0.2) is 30.5 Å². The Morgan fingerprint density at radius 3 is 2.71 bits per heavy atom. The van der Waals surface area contributed by atoms with Crippen LogP contribution in [-0.2, 0) is 4.79 Å². The van der Waals surface area contributed by atoms with E-state index in [2.05, 4.69) is 12.2 Å². The Morgan fingerprint density at radius 1 is 1.38 bits per heavy atom. The number of amides is 1. The molecule has 5 heteroatoms. The maximum atomic E-state index is 13.9. The molecule has 2 atom stereocenters. The van der Waals surface area contributed by atoms with Crippen molar-refractivity contribution in [2.24, 2.45) is 0 Å². The van der Waals surface area contributed by atoms with Crippen molar-refractivity contribution in [1.29, 1.82) is 0 Å². The zero-order valence-corrected chi connectivity index (χ0v) is 12.9. The molecule has 0 saturated carbocycles. The molecule has 1 heterocycles. The van der Waals surface area contributed by atoms with Crippen molar-refractivity contribution in [3.63, 3.8) is 0 Å². The van der Waals surface area contributed by atoms with E-state index in [4.69, 9.17) is 4.74 Å². The SMILES string of the molecule is CCCCN1C(=O)C(CC)NC1c1ccc(OC)c(F)c1. The van der Waals surface area contributed by atoms with Crippen LogP contribution in [0.15, 0.2) is 18.2 Å². The van der Waals surface area contributed by atoms with Gasteiger partial charge in [-0.1, -0.05) is 26.3 Å². The summed E-state index contributed by atoms with van der Waals surface area (Å²) < 4.78 is 18.8. The van der Waals surface area contributed by atoms with E-state index in [1.165, 1.54) is 13.2 Å². The van der Waals surface area contributed by atoms with E-state index >= 15 is 0 Å². The highest BCUT2D eigenvalue weighted by atomic mass is 19.1. The largest absolute Gasteiger partial charge is 0.494 e. The van der Waals surface area contributed by atoms with Gasteiger partial charge in [0.15, 0.2) is 11.6 Å². The Hall–Kier alpha value is -1.62. The summed E-state index contributed by atoms with van der Waals surface area (Å²) >= 11 is 0. The topological polar surface area (TPSA) is 41.6 Å². The molecule has 0 aliphatic carbocycles. The molecule has 1 fully saturated rings. The van der Waals surface area contributed by atoms with E-state index in [0.717, 1.165) is 24.8 Å². The number of hydrogen-bond acceptors (Lipinski definition) is 3. The second-order valence-corrected chi connectivity index (χ2v) is 5.31. The number of halogens is 1. The summed E-state index contributed by atoms with van der Waals surface area (Å²) in [7, 11) is 1.44. The summed E-state index contributed by atoms with van der Waals surface area (Å²) in [5.74, 6) is -0.0814. The van der Waals surface area contributed by atoms with Gasteiger partial charge in [0.25, 0.3) is 0 Å². The van der Waals surface area contributed by atoms with E-state index in [9.17, 15) is 9.18 Å². The second-order valence-electron chi connectivity index (χ2n) is 5.31. The number of nitrogens with zero attached hydrogens (tertiary/aromatic N) is 1. The van der Waals surface area contributed by atoms with Crippen LogP contribution in [0.25, 0.3) is 0 Å². The highest BCUT2D eigenvalue weighted by Crippen LogP contribution is 2.29. The summed E-state index contributed by atoms with van der Waals surface area (Å²) in [4.78, 5) is 14.2. The van der Waals surface area contributed by atoms with Gasteiger partial charge in [0, 0.05) is 6.54 Å². The lowest BCUT2D eigenvalue weighted by Crippen LogP contribution is -2.31. The zero-order valence-electron chi connectivity index (χ0n) is 12.9. The van der Waals surface area contributed by atoms with Crippen LogP contribution in [0.4, 0.5) is 4.39 Å². The third-order valence-corrected chi connectivity index (χ3v) is 3.90. The lowest BCUT2D eigenvalue weighted by Gasteiger charge is -2.24. The first kappa shape index (κ1) is 15.8. The lowest BCUT2D eigenvalue weighted by molar-refractivity contribution is -0.130. The average Bonchev–Trinajstić information content (AvgIpc) is 2.81. The molecule has 1 aromatic carbocycles. The number of benzene rings is 1.